The highest BCUT2D eigenvalue weighted by Crippen LogP contribution is 2.31. The van der Waals surface area contributed by atoms with Crippen LogP contribution in [0.4, 0.5) is 5.69 Å². The summed E-state index contributed by atoms with van der Waals surface area (Å²) in [6.07, 6.45) is 0. The molecule has 3 heteroatoms. The Bertz CT molecular complexity index is 610. The molecule has 0 saturated heterocycles. The van der Waals surface area contributed by atoms with E-state index in [0.29, 0.717) is 0 Å². The number of hydrogen-bond acceptors (Lipinski definition) is 2. The zero-order valence-electron chi connectivity index (χ0n) is 12.3. The van der Waals surface area contributed by atoms with Crippen molar-refractivity contribution in [2.45, 2.75) is 26.8 Å². The molecule has 0 saturated carbocycles. The summed E-state index contributed by atoms with van der Waals surface area (Å²) in [6, 6.07) is 12.8. The van der Waals surface area contributed by atoms with Crippen molar-refractivity contribution < 1.29 is 4.74 Å². The lowest BCUT2D eigenvalue weighted by Crippen LogP contribution is -2.08. The van der Waals surface area contributed by atoms with Crippen LogP contribution in [0.15, 0.2) is 40.9 Å². The molecule has 0 aliphatic rings. The summed E-state index contributed by atoms with van der Waals surface area (Å²) in [5, 5.41) is 3.51. The van der Waals surface area contributed by atoms with Crippen LogP contribution in [0.1, 0.15) is 29.7 Å². The topological polar surface area (TPSA) is 21.3 Å². The average Bonchev–Trinajstić information content (AvgIpc) is 2.42. The van der Waals surface area contributed by atoms with Gasteiger partial charge >= 0.3 is 0 Å². The zero-order chi connectivity index (χ0) is 14.7. The minimum Gasteiger partial charge on any atom is -0.495 e. The van der Waals surface area contributed by atoms with Gasteiger partial charge in [0, 0.05) is 10.5 Å². The summed E-state index contributed by atoms with van der Waals surface area (Å²) in [4.78, 5) is 0. The van der Waals surface area contributed by atoms with Crippen LogP contribution < -0.4 is 10.1 Å². The molecular weight excluding hydrogens is 314 g/mol. The maximum atomic E-state index is 5.40. The molecule has 2 aromatic carbocycles. The highest BCUT2D eigenvalue weighted by Gasteiger charge is 2.10. The molecule has 0 amide bonds. The number of rotatable bonds is 4. The predicted octanol–water partition coefficient (Wildman–Crippen LogP) is 5.25. The Morgan fingerprint density at radius 3 is 2.45 bits per heavy atom. The van der Waals surface area contributed by atoms with Gasteiger partial charge in [-0.25, -0.2) is 0 Å². The normalized spacial score (nSPS) is 12.1. The molecule has 0 aliphatic heterocycles. The fourth-order valence-electron chi connectivity index (χ4n) is 2.14. The number of nitrogens with one attached hydrogen (secondary N) is 1. The number of benzene rings is 2. The van der Waals surface area contributed by atoms with Gasteiger partial charge in [0.2, 0.25) is 0 Å². The van der Waals surface area contributed by atoms with Gasteiger partial charge in [0.05, 0.1) is 12.8 Å². The van der Waals surface area contributed by atoms with E-state index in [-0.39, 0.29) is 6.04 Å². The first-order valence-electron chi connectivity index (χ1n) is 6.68. The Labute approximate surface area is 129 Å². The van der Waals surface area contributed by atoms with E-state index in [1.54, 1.807) is 7.11 Å². The molecule has 1 N–H and O–H groups in total. The van der Waals surface area contributed by atoms with Crippen LogP contribution in [0.3, 0.4) is 0 Å². The van der Waals surface area contributed by atoms with Crippen LogP contribution in [-0.4, -0.2) is 7.11 Å². The molecule has 20 heavy (non-hydrogen) atoms. The van der Waals surface area contributed by atoms with E-state index >= 15 is 0 Å². The van der Waals surface area contributed by atoms with Crippen molar-refractivity contribution in [3.8, 4) is 5.75 Å². The molecule has 0 fully saturated rings. The summed E-state index contributed by atoms with van der Waals surface area (Å²) in [5.74, 6) is 0.851. The molecule has 2 rings (SSSR count). The van der Waals surface area contributed by atoms with E-state index in [1.165, 1.54) is 16.7 Å². The minimum atomic E-state index is 0.220. The summed E-state index contributed by atoms with van der Waals surface area (Å²) in [6.45, 7) is 6.43. The maximum Gasteiger partial charge on any atom is 0.142 e. The molecule has 0 radical (unpaired) electrons. The Kier molecular flexibility index (Phi) is 4.71. The molecule has 2 aromatic rings. The van der Waals surface area contributed by atoms with Gasteiger partial charge in [-0.15, -0.1) is 0 Å². The van der Waals surface area contributed by atoms with E-state index in [0.717, 1.165) is 15.9 Å². The van der Waals surface area contributed by atoms with Gasteiger partial charge in [-0.05, 0) is 55.7 Å². The lowest BCUT2D eigenvalue weighted by atomic mass is 10.0. The quantitative estimate of drug-likeness (QED) is 0.825. The number of aryl methyl sites for hydroxylation is 2. The van der Waals surface area contributed by atoms with Crippen LogP contribution in [0.25, 0.3) is 0 Å². The molecular formula is C17H20BrNO. The smallest absolute Gasteiger partial charge is 0.142 e. The van der Waals surface area contributed by atoms with Gasteiger partial charge in [-0.1, -0.05) is 34.1 Å². The lowest BCUT2D eigenvalue weighted by Gasteiger charge is -2.19. The van der Waals surface area contributed by atoms with Gasteiger partial charge in [-0.2, -0.15) is 0 Å². The van der Waals surface area contributed by atoms with Crippen molar-refractivity contribution in [1.29, 1.82) is 0 Å². The van der Waals surface area contributed by atoms with Crippen molar-refractivity contribution in [2.24, 2.45) is 0 Å². The largest absolute Gasteiger partial charge is 0.495 e. The Morgan fingerprint density at radius 2 is 1.80 bits per heavy atom. The minimum absolute atomic E-state index is 0.220. The monoisotopic (exact) mass is 333 g/mol. The maximum absolute atomic E-state index is 5.40. The highest BCUT2D eigenvalue weighted by atomic mass is 79.9. The molecule has 0 aliphatic carbocycles. The van der Waals surface area contributed by atoms with Crippen LogP contribution in [0.5, 0.6) is 5.75 Å². The van der Waals surface area contributed by atoms with E-state index in [2.05, 4.69) is 60.2 Å². The molecule has 0 spiro atoms. The molecule has 1 atom stereocenters. The molecule has 0 bridgehead atoms. The first kappa shape index (κ1) is 14.9. The summed E-state index contributed by atoms with van der Waals surface area (Å²) in [5.41, 5.74) is 4.90. The molecule has 2 nitrogen and oxygen atoms in total. The first-order chi connectivity index (χ1) is 9.51. The fraction of sp³-hybridized carbons (Fsp3) is 0.294. The lowest BCUT2D eigenvalue weighted by molar-refractivity contribution is 0.416. The SMILES string of the molecule is COc1ccc(Br)cc1NC(C)c1ccc(C)c(C)c1. The molecule has 1 unspecified atom stereocenters. The van der Waals surface area contributed by atoms with Crippen molar-refractivity contribution in [3.63, 3.8) is 0 Å². The number of hydrogen-bond donors (Lipinski definition) is 1. The van der Waals surface area contributed by atoms with Crippen LogP contribution in [0.2, 0.25) is 0 Å². The van der Waals surface area contributed by atoms with Crippen LogP contribution >= 0.6 is 15.9 Å². The molecule has 0 aromatic heterocycles. The average molecular weight is 334 g/mol. The van der Waals surface area contributed by atoms with Crippen molar-refractivity contribution in [1.82, 2.24) is 0 Å². The number of methoxy groups -OCH3 is 1. The number of ether oxygens (including phenoxy) is 1. The summed E-state index contributed by atoms with van der Waals surface area (Å²) in [7, 11) is 1.69. The summed E-state index contributed by atoms with van der Waals surface area (Å²) >= 11 is 3.50. The van der Waals surface area contributed by atoms with E-state index in [9.17, 15) is 0 Å². The second kappa shape index (κ2) is 6.31. The Balaban J connectivity index is 2.24. The van der Waals surface area contributed by atoms with Gasteiger partial charge in [0.1, 0.15) is 5.75 Å². The van der Waals surface area contributed by atoms with Crippen LogP contribution in [-0.2, 0) is 0 Å². The van der Waals surface area contributed by atoms with Crippen molar-refractivity contribution in [2.75, 3.05) is 12.4 Å². The molecule has 0 heterocycles. The van der Waals surface area contributed by atoms with Crippen LogP contribution in [0, 0.1) is 13.8 Å². The fourth-order valence-corrected chi connectivity index (χ4v) is 2.50. The zero-order valence-corrected chi connectivity index (χ0v) is 13.9. The van der Waals surface area contributed by atoms with Gasteiger partial charge < -0.3 is 10.1 Å². The second-order valence-corrected chi connectivity index (χ2v) is 5.97. The molecule has 106 valence electrons. The Hall–Kier alpha value is -1.48. The van der Waals surface area contributed by atoms with Gasteiger partial charge in [0.25, 0.3) is 0 Å². The predicted molar refractivity (Wildman–Crippen MR) is 88.6 cm³/mol. The number of halogens is 1. The standard InChI is InChI=1S/C17H20BrNO/c1-11-5-6-14(9-12(11)2)13(3)19-16-10-15(18)7-8-17(16)20-4/h5-10,13,19H,1-4H3. The third-order valence-electron chi connectivity index (χ3n) is 3.56. The summed E-state index contributed by atoms with van der Waals surface area (Å²) < 4.78 is 6.43. The first-order valence-corrected chi connectivity index (χ1v) is 7.48. The van der Waals surface area contributed by atoms with Crippen molar-refractivity contribution >= 4 is 21.6 Å². The van der Waals surface area contributed by atoms with Gasteiger partial charge in [0.15, 0.2) is 0 Å². The van der Waals surface area contributed by atoms with Gasteiger partial charge in [-0.3, -0.25) is 0 Å². The van der Waals surface area contributed by atoms with E-state index in [1.807, 2.05) is 18.2 Å². The van der Waals surface area contributed by atoms with Crippen molar-refractivity contribution in [3.05, 3.63) is 57.6 Å². The van der Waals surface area contributed by atoms with E-state index < -0.39 is 0 Å². The highest BCUT2D eigenvalue weighted by molar-refractivity contribution is 9.10. The Morgan fingerprint density at radius 1 is 1.05 bits per heavy atom. The second-order valence-electron chi connectivity index (χ2n) is 5.05. The number of anilines is 1. The third-order valence-corrected chi connectivity index (χ3v) is 4.06. The van der Waals surface area contributed by atoms with E-state index in [4.69, 9.17) is 4.74 Å². The third kappa shape index (κ3) is 3.34.